The first-order valence-corrected chi connectivity index (χ1v) is 6.56. The van der Waals surface area contributed by atoms with Crippen LogP contribution in [0.25, 0.3) is 0 Å². The van der Waals surface area contributed by atoms with Crippen LogP contribution in [0.1, 0.15) is 16.7 Å². The number of hydrogen-bond donors (Lipinski definition) is 0. The van der Waals surface area contributed by atoms with Crippen molar-refractivity contribution in [3.63, 3.8) is 0 Å². The third kappa shape index (κ3) is 2.91. The van der Waals surface area contributed by atoms with Crippen LogP contribution in [0.3, 0.4) is 0 Å². The quantitative estimate of drug-likeness (QED) is 0.765. The summed E-state index contributed by atoms with van der Waals surface area (Å²) >= 11 is 1.69. The minimum atomic E-state index is -0.456. The first-order chi connectivity index (χ1) is 8.70. The Bertz CT molecular complexity index is 602. The van der Waals surface area contributed by atoms with Gasteiger partial charge in [0.2, 0.25) is 0 Å². The van der Waals surface area contributed by atoms with Crippen molar-refractivity contribution in [2.24, 2.45) is 0 Å². The highest BCUT2D eigenvalue weighted by Crippen LogP contribution is 2.26. The summed E-state index contributed by atoms with van der Waals surface area (Å²) in [6.45, 7) is 2.06. The van der Waals surface area contributed by atoms with E-state index >= 15 is 0 Å². The normalized spacial score (nSPS) is 10.1. The van der Waals surface area contributed by atoms with Crippen molar-refractivity contribution in [1.29, 1.82) is 5.26 Å². The Balaban J connectivity index is 2.12. The van der Waals surface area contributed by atoms with Gasteiger partial charge in [-0.2, -0.15) is 5.26 Å². The molecule has 3 heteroatoms. The van der Waals surface area contributed by atoms with E-state index in [4.69, 9.17) is 5.26 Å². The highest BCUT2D eigenvalue weighted by atomic mass is 32.2. The van der Waals surface area contributed by atoms with Crippen LogP contribution >= 0.6 is 11.8 Å². The van der Waals surface area contributed by atoms with E-state index in [9.17, 15) is 4.39 Å². The lowest BCUT2D eigenvalue weighted by Crippen LogP contribution is -1.88. The number of hydrogen-bond acceptors (Lipinski definition) is 2. The molecule has 0 aromatic heterocycles. The molecule has 1 nitrogen and oxygen atoms in total. The smallest absolute Gasteiger partial charge is 0.140 e. The third-order valence-corrected chi connectivity index (χ3v) is 3.89. The highest BCUT2D eigenvalue weighted by molar-refractivity contribution is 7.98. The predicted octanol–water partition coefficient (Wildman–Crippen LogP) is 4.30. The van der Waals surface area contributed by atoms with Crippen molar-refractivity contribution in [1.82, 2.24) is 0 Å². The molecule has 0 spiro atoms. The topological polar surface area (TPSA) is 23.8 Å². The minimum absolute atomic E-state index is 0.109. The Morgan fingerprint density at radius 3 is 2.72 bits per heavy atom. The maximum Gasteiger partial charge on any atom is 0.140 e. The van der Waals surface area contributed by atoms with Crippen LogP contribution in [0.2, 0.25) is 0 Å². The average molecular weight is 257 g/mol. The Kier molecular flexibility index (Phi) is 4.01. The highest BCUT2D eigenvalue weighted by Gasteiger charge is 2.04. The van der Waals surface area contributed by atoms with Gasteiger partial charge >= 0.3 is 0 Å². The van der Waals surface area contributed by atoms with Crippen LogP contribution in [0, 0.1) is 24.1 Å². The molecule has 0 aliphatic rings. The molecular weight excluding hydrogens is 245 g/mol. The van der Waals surface area contributed by atoms with Gasteiger partial charge in [-0.15, -0.1) is 11.8 Å². The summed E-state index contributed by atoms with van der Waals surface area (Å²) in [5.74, 6) is 0.280. The Labute approximate surface area is 110 Å². The molecule has 2 aromatic carbocycles. The molecule has 90 valence electrons. The fourth-order valence-corrected chi connectivity index (χ4v) is 2.60. The molecule has 0 N–H and O–H groups in total. The molecule has 2 rings (SSSR count). The van der Waals surface area contributed by atoms with Gasteiger partial charge in [0.25, 0.3) is 0 Å². The zero-order chi connectivity index (χ0) is 13.0. The van der Waals surface area contributed by atoms with Gasteiger partial charge in [0, 0.05) is 10.6 Å². The first-order valence-electron chi connectivity index (χ1n) is 5.57. The maximum absolute atomic E-state index is 13.2. The molecule has 0 saturated heterocycles. The predicted molar refractivity (Wildman–Crippen MR) is 71.9 cm³/mol. The molecule has 0 saturated carbocycles. The summed E-state index contributed by atoms with van der Waals surface area (Å²) in [6, 6.07) is 14.7. The van der Waals surface area contributed by atoms with Crippen LogP contribution in [-0.2, 0) is 5.75 Å². The molecule has 0 bridgehead atoms. The van der Waals surface area contributed by atoms with Gasteiger partial charge in [-0.25, -0.2) is 4.39 Å². The molecule has 0 radical (unpaired) electrons. The lowest BCUT2D eigenvalue weighted by molar-refractivity contribution is 0.623. The number of nitrogens with zero attached hydrogens (tertiary/aromatic N) is 1. The van der Waals surface area contributed by atoms with E-state index in [1.165, 1.54) is 16.5 Å². The van der Waals surface area contributed by atoms with Crippen LogP contribution in [0.4, 0.5) is 4.39 Å². The van der Waals surface area contributed by atoms with E-state index in [0.717, 1.165) is 11.3 Å². The molecule has 2 aromatic rings. The van der Waals surface area contributed by atoms with Gasteiger partial charge in [0.15, 0.2) is 0 Å². The van der Waals surface area contributed by atoms with Crippen LogP contribution in [-0.4, -0.2) is 0 Å². The Morgan fingerprint density at radius 1 is 1.22 bits per heavy atom. The summed E-state index contributed by atoms with van der Waals surface area (Å²) in [5, 5.41) is 8.78. The average Bonchev–Trinajstić information content (AvgIpc) is 2.39. The summed E-state index contributed by atoms with van der Waals surface area (Å²) < 4.78 is 13.2. The third-order valence-electron chi connectivity index (χ3n) is 2.64. The Morgan fingerprint density at radius 2 is 2.00 bits per heavy atom. The van der Waals surface area contributed by atoms with E-state index in [1.54, 1.807) is 23.9 Å². The summed E-state index contributed by atoms with van der Waals surface area (Å²) in [5.41, 5.74) is 2.30. The second kappa shape index (κ2) is 5.70. The second-order valence-corrected chi connectivity index (χ2v) is 5.00. The van der Waals surface area contributed by atoms with Crippen LogP contribution in [0.5, 0.6) is 0 Å². The Hall–Kier alpha value is -1.79. The van der Waals surface area contributed by atoms with Crippen molar-refractivity contribution >= 4 is 11.8 Å². The molecule has 0 atom stereocenters. The van der Waals surface area contributed by atoms with Gasteiger partial charge in [0.1, 0.15) is 11.9 Å². The lowest BCUT2D eigenvalue weighted by atomic mass is 10.1. The van der Waals surface area contributed by atoms with Crippen molar-refractivity contribution < 1.29 is 4.39 Å². The molecule has 18 heavy (non-hydrogen) atoms. The van der Waals surface area contributed by atoms with Crippen LogP contribution in [0.15, 0.2) is 47.4 Å². The van der Waals surface area contributed by atoms with E-state index in [0.29, 0.717) is 0 Å². The number of nitriles is 1. The van der Waals surface area contributed by atoms with E-state index < -0.39 is 5.82 Å². The first kappa shape index (κ1) is 12.7. The summed E-state index contributed by atoms with van der Waals surface area (Å²) in [4.78, 5) is 1.21. The fraction of sp³-hybridized carbons (Fsp3) is 0.133. The zero-order valence-corrected chi connectivity index (χ0v) is 10.8. The monoisotopic (exact) mass is 257 g/mol. The minimum Gasteiger partial charge on any atom is -0.206 e. The second-order valence-electron chi connectivity index (χ2n) is 3.98. The number of halogens is 1. The number of aryl methyl sites for hydroxylation is 1. The van der Waals surface area contributed by atoms with Gasteiger partial charge in [0.05, 0.1) is 5.56 Å². The lowest BCUT2D eigenvalue weighted by Gasteiger charge is -2.05. The molecule has 0 heterocycles. The van der Waals surface area contributed by atoms with E-state index in [2.05, 4.69) is 19.1 Å². The largest absolute Gasteiger partial charge is 0.206 e. The maximum atomic E-state index is 13.2. The van der Waals surface area contributed by atoms with Gasteiger partial charge in [-0.05, 0) is 36.2 Å². The molecular formula is C15H12FNS. The van der Waals surface area contributed by atoms with Crippen molar-refractivity contribution in [2.75, 3.05) is 0 Å². The molecule has 0 unspecified atom stereocenters. The SMILES string of the molecule is Cc1ccccc1SCc1ccc(F)c(C#N)c1. The molecule has 0 aliphatic heterocycles. The molecule has 0 fully saturated rings. The number of rotatable bonds is 3. The summed E-state index contributed by atoms with van der Waals surface area (Å²) in [6.07, 6.45) is 0. The van der Waals surface area contributed by atoms with Crippen molar-refractivity contribution in [3.05, 3.63) is 65.0 Å². The van der Waals surface area contributed by atoms with Gasteiger partial charge < -0.3 is 0 Å². The summed E-state index contributed by atoms with van der Waals surface area (Å²) in [7, 11) is 0. The number of thioether (sulfide) groups is 1. The van der Waals surface area contributed by atoms with Crippen molar-refractivity contribution in [3.8, 4) is 6.07 Å². The molecule has 0 amide bonds. The van der Waals surface area contributed by atoms with Crippen LogP contribution < -0.4 is 0 Å². The van der Waals surface area contributed by atoms with Gasteiger partial charge in [-0.1, -0.05) is 24.3 Å². The van der Waals surface area contributed by atoms with E-state index in [1.807, 2.05) is 18.2 Å². The standard InChI is InChI=1S/C15H12FNS/c1-11-4-2-3-5-15(11)18-10-12-6-7-14(16)13(8-12)9-17/h2-8H,10H2,1H3. The van der Waals surface area contributed by atoms with Gasteiger partial charge in [-0.3, -0.25) is 0 Å². The van der Waals surface area contributed by atoms with E-state index in [-0.39, 0.29) is 5.56 Å². The number of benzene rings is 2. The zero-order valence-electron chi connectivity index (χ0n) is 9.98. The fourth-order valence-electron chi connectivity index (χ4n) is 1.63. The van der Waals surface area contributed by atoms with Crippen molar-refractivity contribution in [2.45, 2.75) is 17.6 Å². The molecule has 0 aliphatic carbocycles.